The van der Waals surface area contributed by atoms with Crippen LogP contribution >= 0.6 is 0 Å². The Balaban J connectivity index is 1.58. The third-order valence-electron chi connectivity index (χ3n) is 4.60. The molecule has 1 atom stereocenters. The molecule has 3 rings (SSSR count). The fourth-order valence-electron chi connectivity index (χ4n) is 3.15. The number of rotatable bonds is 8. The Hall–Kier alpha value is -2.99. The molecule has 0 aliphatic heterocycles. The zero-order valence-electron chi connectivity index (χ0n) is 16.7. The molecule has 3 aromatic rings. The Morgan fingerprint density at radius 3 is 2.64 bits per heavy atom. The van der Waals surface area contributed by atoms with E-state index in [9.17, 15) is 4.79 Å². The number of nitrogens with zero attached hydrogens (tertiary/aromatic N) is 1. The highest BCUT2D eigenvalue weighted by Crippen LogP contribution is 2.26. The van der Waals surface area contributed by atoms with E-state index in [0.29, 0.717) is 6.54 Å². The molecule has 0 saturated heterocycles. The van der Waals surface area contributed by atoms with Crippen molar-refractivity contribution in [3.8, 4) is 11.5 Å². The molecule has 0 aliphatic carbocycles. The minimum atomic E-state index is -0.205. The number of benzene rings is 2. The quantitative estimate of drug-likeness (QED) is 0.643. The molecule has 1 unspecified atom stereocenters. The van der Waals surface area contributed by atoms with Gasteiger partial charge in [0.05, 0.1) is 26.8 Å². The average Bonchev–Trinajstić information content (AvgIpc) is 3.12. The van der Waals surface area contributed by atoms with E-state index in [4.69, 9.17) is 13.9 Å². The lowest BCUT2D eigenvalue weighted by molar-refractivity contribution is -0.122. The second kappa shape index (κ2) is 8.80. The summed E-state index contributed by atoms with van der Waals surface area (Å²) in [4.78, 5) is 14.4. The summed E-state index contributed by atoms with van der Waals surface area (Å²) in [6.45, 7) is 2.77. The largest absolute Gasteiger partial charge is 0.497 e. The van der Waals surface area contributed by atoms with Crippen LogP contribution in [-0.2, 0) is 11.3 Å². The van der Waals surface area contributed by atoms with Gasteiger partial charge < -0.3 is 19.2 Å². The molecule has 1 heterocycles. The van der Waals surface area contributed by atoms with Gasteiger partial charge in [0.2, 0.25) is 5.91 Å². The van der Waals surface area contributed by atoms with Crippen LogP contribution in [0, 0.1) is 0 Å². The molecule has 0 saturated carbocycles. The number of hydrogen-bond donors (Lipinski definition) is 1. The summed E-state index contributed by atoms with van der Waals surface area (Å²) in [5.41, 5.74) is 1.81. The van der Waals surface area contributed by atoms with Gasteiger partial charge in [-0.25, -0.2) is 0 Å². The zero-order chi connectivity index (χ0) is 20.1. The lowest BCUT2D eigenvalue weighted by Gasteiger charge is -2.19. The van der Waals surface area contributed by atoms with Gasteiger partial charge in [0.15, 0.2) is 0 Å². The molecular formula is C22H26N2O4. The maximum absolute atomic E-state index is 12.5. The Kier molecular flexibility index (Phi) is 6.21. The Morgan fingerprint density at radius 1 is 1.14 bits per heavy atom. The minimum Gasteiger partial charge on any atom is -0.497 e. The summed E-state index contributed by atoms with van der Waals surface area (Å²) >= 11 is 0. The van der Waals surface area contributed by atoms with Crippen LogP contribution in [-0.4, -0.2) is 38.6 Å². The second-order valence-corrected chi connectivity index (χ2v) is 6.83. The van der Waals surface area contributed by atoms with Gasteiger partial charge in [0.25, 0.3) is 0 Å². The van der Waals surface area contributed by atoms with E-state index in [2.05, 4.69) is 5.32 Å². The standard InChI is InChI=1S/C22H26N2O4/c1-15(20-11-16-7-5-6-8-19(16)28-20)23-22(25)14-24(2)13-17-9-10-18(26-3)12-21(17)27-4/h5-12,15H,13-14H2,1-4H3,(H,23,25). The van der Waals surface area contributed by atoms with Crippen molar-refractivity contribution >= 4 is 16.9 Å². The second-order valence-electron chi connectivity index (χ2n) is 6.83. The van der Waals surface area contributed by atoms with Crippen molar-refractivity contribution in [3.63, 3.8) is 0 Å². The van der Waals surface area contributed by atoms with Gasteiger partial charge in [-0.3, -0.25) is 9.69 Å². The highest BCUT2D eigenvalue weighted by molar-refractivity contribution is 5.80. The average molecular weight is 382 g/mol. The molecule has 28 heavy (non-hydrogen) atoms. The molecule has 0 aliphatic rings. The molecule has 0 bridgehead atoms. The van der Waals surface area contributed by atoms with E-state index in [0.717, 1.165) is 33.8 Å². The van der Waals surface area contributed by atoms with Crippen LogP contribution in [0.3, 0.4) is 0 Å². The van der Waals surface area contributed by atoms with Crippen molar-refractivity contribution < 1.29 is 18.7 Å². The van der Waals surface area contributed by atoms with Gasteiger partial charge in [0.1, 0.15) is 22.8 Å². The van der Waals surface area contributed by atoms with Gasteiger partial charge in [0, 0.05) is 23.6 Å². The van der Waals surface area contributed by atoms with Gasteiger partial charge in [-0.15, -0.1) is 0 Å². The number of ether oxygens (including phenoxy) is 2. The highest BCUT2D eigenvalue weighted by Gasteiger charge is 2.16. The smallest absolute Gasteiger partial charge is 0.234 e. The Morgan fingerprint density at radius 2 is 1.93 bits per heavy atom. The summed E-state index contributed by atoms with van der Waals surface area (Å²) in [5.74, 6) is 2.15. The van der Waals surface area contributed by atoms with E-state index >= 15 is 0 Å². The van der Waals surface area contributed by atoms with Gasteiger partial charge in [-0.05, 0) is 32.2 Å². The number of para-hydroxylation sites is 1. The number of methoxy groups -OCH3 is 2. The zero-order valence-corrected chi connectivity index (χ0v) is 16.7. The number of hydrogen-bond acceptors (Lipinski definition) is 5. The molecule has 0 radical (unpaired) electrons. The third-order valence-corrected chi connectivity index (χ3v) is 4.60. The molecule has 2 aromatic carbocycles. The lowest BCUT2D eigenvalue weighted by Crippen LogP contribution is -2.36. The highest BCUT2D eigenvalue weighted by atomic mass is 16.5. The number of furan rings is 1. The van der Waals surface area contributed by atoms with E-state index in [1.807, 2.05) is 67.4 Å². The lowest BCUT2D eigenvalue weighted by atomic mass is 10.1. The maximum atomic E-state index is 12.5. The number of likely N-dealkylation sites (N-methyl/N-ethyl adjacent to an activating group) is 1. The molecule has 148 valence electrons. The van der Waals surface area contributed by atoms with E-state index in [1.54, 1.807) is 14.2 Å². The Labute approximate surface area is 165 Å². The molecule has 0 spiro atoms. The molecule has 6 nitrogen and oxygen atoms in total. The number of nitrogens with one attached hydrogen (secondary N) is 1. The van der Waals surface area contributed by atoms with Crippen LogP contribution in [0.4, 0.5) is 0 Å². The fraction of sp³-hybridized carbons (Fsp3) is 0.318. The molecular weight excluding hydrogens is 356 g/mol. The first-order valence-corrected chi connectivity index (χ1v) is 9.17. The molecule has 1 N–H and O–H groups in total. The SMILES string of the molecule is COc1ccc(CN(C)CC(=O)NC(C)c2cc3ccccc3o2)c(OC)c1. The van der Waals surface area contributed by atoms with Crippen molar-refractivity contribution in [1.82, 2.24) is 10.2 Å². The van der Waals surface area contributed by atoms with Crippen molar-refractivity contribution in [3.05, 3.63) is 59.9 Å². The summed E-state index contributed by atoms with van der Waals surface area (Å²) in [6.07, 6.45) is 0. The normalized spacial score (nSPS) is 12.2. The first-order valence-electron chi connectivity index (χ1n) is 9.17. The number of carbonyl (C=O) groups excluding carboxylic acids is 1. The van der Waals surface area contributed by atoms with E-state index in [-0.39, 0.29) is 18.5 Å². The van der Waals surface area contributed by atoms with Crippen LogP contribution in [0.1, 0.15) is 24.3 Å². The summed E-state index contributed by atoms with van der Waals surface area (Å²) < 4.78 is 16.5. The van der Waals surface area contributed by atoms with Gasteiger partial charge in [-0.2, -0.15) is 0 Å². The number of amides is 1. The van der Waals surface area contributed by atoms with Crippen molar-refractivity contribution in [1.29, 1.82) is 0 Å². The monoisotopic (exact) mass is 382 g/mol. The minimum absolute atomic E-state index is 0.0667. The third kappa shape index (κ3) is 4.64. The summed E-state index contributed by atoms with van der Waals surface area (Å²) in [5, 5.41) is 4.02. The van der Waals surface area contributed by atoms with Crippen LogP contribution in [0.15, 0.2) is 52.9 Å². The summed E-state index contributed by atoms with van der Waals surface area (Å²) in [6, 6.07) is 15.2. The topological polar surface area (TPSA) is 63.9 Å². The van der Waals surface area contributed by atoms with E-state index in [1.165, 1.54) is 0 Å². The first kappa shape index (κ1) is 19.8. The molecule has 6 heteroatoms. The number of fused-ring (bicyclic) bond motifs is 1. The predicted octanol–water partition coefficient (Wildman–Crippen LogP) is 3.76. The maximum Gasteiger partial charge on any atom is 0.234 e. The van der Waals surface area contributed by atoms with Crippen LogP contribution < -0.4 is 14.8 Å². The number of carbonyl (C=O) groups is 1. The summed E-state index contributed by atoms with van der Waals surface area (Å²) in [7, 11) is 5.14. The van der Waals surface area contributed by atoms with Crippen molar-refractivity contribution in [2.45, 2.75) is 19.5 Å². The van der Waals surface area contributed by atoms with Crippen molar-refractivity contribution in [2.75, 3.05) is 27.8 Å². The van der Waals surface area contributed by atoms with Crippen LogP contribution in [0.5, 0.6) is 11.5 Å². The van der Waals surface area contributed by atoms with Crippen molar-refractivity contribution in [2.24, 2.45) is 0 Å². The van der Waals surface area contributed by atoms with Gasteiger partial charge >= 0.3 is 0 Å². The first-order chi connectivity index (χ1) is 13.5. The van der Waals surface area contributed by atoms with Crippen LogP contribution in [0.25, 0.3) is 11.0 Å². The molecule has 1 aromatic heterocycles. The van der Waals surface area contributed by atoms with E-state index < -0.39 is 0 Å². The fourth-order valence-corrected chi connectivity index (χ4v) is 3.15. The molecule has 1 amide bonds. The van der Waals surface area contributed by atoms with Gasteiger partial charge in [-0.1, -0.05) is 24.3 Å². The predicted molar refractivity (Wildman–Crippen MR) is 109 cm³/mol. The molecule has 0 fully saturated rings. The van der Waals surface area contributed by atoms with Crippen LogP contribution in [0.2, 0.25) is 0 Å². The Bertz CT molecular complexity index is 918.